The number of halogens is 1. The first-order chi connectivity index (χ1) is 17.0. The fourth-order valence-electron chi connectivity index (χ4n) is 4.72. The number of urea groups is 1. The van der Waals surface area contributed by atoms with Gasteiger partial charge in [-0.25, -0.2) is 9.59 Å². The van der Waals surface area contributed by atoms with E-state index in [1.807, 2.05) is 49.4 Å². The lowest BCUT2D eigenvalue weighted by Crippen LogP contribution is -2.53. The Bertz CT molecular complexity index is 1050. The highest BCUT2D eigenvalue weighted by atomic mass is 35.5. The average molecular weight is 497 g/mol. The number of piperazine rings is 1. The second-order valence-electron chi connectivity index (χ2n) is 8.80. The maximum Gasteiger partial charge on any atom is 0.338 e. The molecule has 1 fully saturated rings. The van der Waals surface area contributed by atoms with Gasteiger partial charge in [0.2, 0.25) is 0 Å². The average Bonchev–Trinajstić information content (AvgIpc) is 2.87. The summed E-state index contributed by atoms with van der Waals surface area (Å²) in [4.78, 5) is 32.6. The molecule has 7 nitrogen and oxygen atoms in total. The monoisotopic (exact) mass is 496 g/mol. The predicted octanol–water partition coefficient (Wildman–Crippen LogP) is 4.06. The van der Waals surface area contributed by atoms with Crippen LogP contribution in [-0.2, 0) is 16.1 Å². The zero-order valence-electron chi connectivity index (χ0n) is 20.4. The normalized spacial score (nSPS) is 19.6. The van der Waals surface area contributed by atoms with Gasteiger partial charge in [0.15, 0.2) is 0 Å². The van der Waals surface area contributed by atoms with E-state index >= 15 is 0 Å². The van der Waals surface area contributed by atoms with Crippen LogP contribution in [-0.4, -0.2) is 72.6 Å². The van der Waals surface area contributed by atoms with E-state index in [0.29, 0.717) is 18.7 Å². The van der Waals surface area contributed by atoms with Crippen LogP contribution in [0.4, 0.5) is 4.79 Å². The molecule has 2 heterocycles. The molecule has 2 aliphatic heterocycles. The standard InChI is InChI=1S/C27H33ClN4O3/c1-3-32-23(19-31-16-14-30(15-17-31)18-20-10-12-22(28)13-11-20)24(26(33)35-4-2)25(29-27(32)34)21-8-6-5-7-9-21/h5-13,25H,3-4,14-19H2,1-2H3,(H,29,34)/t25-/m1/s1. The molecule has 0 bridgehead atoms. The highest BCUT2D eigenvalue weighted by Gasteiger charge is 2.38. The number of ether oxygens (including phenoxy) is 1. The van der Waals surface area contributed by atoms with Gasteiger partial charge in [-0.05, 0) is 37.1 Å². The van der Waals surface area contributed by atoms with Gasteiger partial charge < -0.3 is 10.1 Å². The van der Waals surface area contributed by atoms with Crippen molar-refractivity contribution >= 4 is 23.6 Å². The fourth-order valence-corrected chi connectivity index (χ4v) is 4.84. The number of benzene rings is 2. The summed E-state index contributed by atoms with van der Waals surface area (Å²) >= 11 is 6.01. The number of carbonyl (C=O) groups excluding carboxylic acids is 2. The van der Waals surface area contributed by atoms with Crippen molar-refractivity contribution in [1.82, 2.24) is 20.0 Å². The molecule has 2 aromatic rings. The van der Waals surface area contributed by atoms with Crippen LogP contribution in [0.25, 0.3) is 0 Å². The van der Waals surface area contributed by atoms with Crippen molar-refractivity contribution in [3.05, 3.63) is 82.0 Å². The quantitative estimate of drug-likeness (QED) is 0.558. The molecule has 1 saturated heterocycles. The van der Waals surface area contributed by atoms with Gasteiger partial charge in [-0.15, -0.1) is 0 Å². The Kier molecular flexibility index (Phi) is 8.44. The van der Waals surface area contributed by atoms with Crippen LogP contribution < -0.4 is 5.32 Å². The van der Waals surface area contributed by atoms with E-state index in [0.717, 1.165) is 49.0 Å². The number of likely N-dealkylation sites (N-methyl/N-ethyl adjacent to an activating group) is 1. The Morgan fingerprint density at radius 3 is 2.20 bits per heavy atom. The number of hydrogen-bond acceptors (Lipinski definition) is 5. The Morgan fingerprint density at radius 1 is 0.971 bits per heavy atom. The van der Waals surface area contributed by atoms with Gasteiger partial charge in [-0.3, -0.25) is 14.7 Å². The van der Waals surface area contributed by atoms with Gasteiger partial charge in [0.25, 0.3) is 0 Å². The van der Waals surface area contributed by atoms with E-state index in [1.54, 1.807) is 11.8 Å². The predicted molar refractivity (Wildman–Crippen MR) is 137 cm³/mol. The zero-order valence-corrected chi connectivity index (χ0v) is 21.1. The van der Waals surface area contributed by atoms with Gasteiger partial charge in [-0.1, -0.05) is 54.1 Å². The molecule has 4 rings (SSSR count). The summed E-state index contributed by atoms with van der Waals surface area (Å²) in [6.07, 6.45) is 0. The van der Waals surface area contributed by atoms with Crippen LogP contribution in [0.2, 0.25) is 5.02 Å². The number of nitrogens with zero attached hydrogens (tertiary/aromatic N) is 3. The van der Waals surface area contributed by atoms with Crippen molar-refractivity contribution in [1.29, 1.82) is 0 Å². The lowest BCUT2D eigenvalue weighted by Gasteiger charge is -2.40. The minimum atomic E-state index is -0.535. The molecule has 0 aliphatic carbocycles. The molecule has 2 aromatic carbocycles. The van der Waals surface area contributed by atoms with Gasteiger partial charge in [0.1, 0.15) is 0 Å². The van der Waals surface area contributed by atoms with Crippen molar-refractivity contribution in [3.8, 4) is 0 Å². The Labute approximate surface area is 212 Å². The summed E-state index contributed by atoms with van der Waals surface area (Å²) in [6, 6.07) is 16.9. The molecule has 0 unspecified atom stereocenters. The molecule has 186 valence electrons. The van der Waals surface area contributed by atoms with Gasteiger partial charge >= 0.3 is 12.0 Å². The molecule has 0 spiro atoms. The Morgan fingerprint density at radius 2 is 1.60 bits per heavy atom. The van der Waals surface area contributed by atoms with Crippen LogP contribution in [0.1, 0.15) is 31.0 Å². The van der Waals surface area contributed by atoms with Crippen LogP contribution in [0, 0.1) is 0 Å². The Hall–Kier alpha value is -2.87. The maximum absolute atomic E-state index is 13.2. The van der Waals surface area contributed by atoms with Crippen LogP contribution in [0.3, 0.4) is 0 Å². The molecule has 0 aromatic heterocycles. The van der Waals surface area contributed by atoms with E-state index in [4.69, 9.17) is 16.3 Å². The summed E-state index contributed by atoms with van der Waals surface area (Å²) < 4.78 is 5.46. The van der Waals surface area contributed by atoms with Crippen molar-refractivity contribution in [2.75, 3.05) is 45.9 Å². The van der Waals surface area contributed by atoms with Crippen molar-refractivity contribution < 1.29 is 14.3 Å². The largest absolute Gasteiger partial charge is 0.463 e. The van der Waals surface area contributed by atoms with E-state index in [9.17, 15) is 9.59 Å². The molecule has 2 amide bonds. The number of amides is 2. The smallest absolute Gasteiger partial charge is 0.338 e. The summed E-state index contributed by atoms with van der Waals surface area (Å²) in [5.74, 6) is -0.379. The molecular formula is C27H33ClN4O3. The third-order valence-electron chi connectivity index (χ3n) is 6.54. The molecule has 0 radical (unpaired) electrons. The summed E-state index contributed by atoms with van der Waals surface area (Å²) in [6.45, 7) is 9.39. The Balaban J connectivity index is 1.55. The number of nitrogens with one attached hydrogen (secondary N) is 1. The molecular weight excluding hydrogens is 464 g/mol. The van der Waals surface area contributed by atoms with Crippen LogP contribution in [0.15, 0.2) is 65.9 Å². The molecule has 8 heteroatoms. The topological polar surface area (TPSA) is 65.1 Å². The summed E-state index contributed by atoms with van der Waals surface area (Å²) in [5.41, 5.74) is 3.35. The van der Waals surface area contributed by atoms with Gasteiger partial charge in [0, 0.05) is 56.5 Å². The summed E-state index contributed by atoms with van der Waals surface area (Å²) in [5, 5.41) is 3.77. The van der Waals surface area contributed by atoms with Crippen LogP contribution >= 0.6 is 11.6 Å². The number of rotatable bonds is 8. The zero-order chi connectivity index (χ0) is 24.8. The van der Waals surface area contributed by atoms with Crippen molar-refractivity contribution in [2.45, 2.75) is 26.4 Å². The first kappa shape index (κ1) is 25.2. The fraction of sp³-hybridized carbons (Fsp3) is 0.407. The summed E-state index contributed by atoms with van der Waals surface area (Å²) in [7, 11) is 0. The molecule has 1 atom stereocenters. The molecule has 0 saturated carbocycles. The molecule has 1 N–H and O–H groups in total. The highest BCUT2D eigenvalue weighted by molar-refractivity contribution is 6.30. The first-order valence-corrected chi connectivity index (χ1v) is 12.6. The lowest BCUT2D eigenvalue weighted by atomic mass is 9.94. The molecule has 35 heavy (non-hydrogen) atoms. The maximum atomic E-state index is 13.2. The third-order valence-corrected chi connectivity index (χ3v) is 6.79. The first-order valence-electron chi connectivity index (χ1n) is 12.2. The van der Waals surface area contributed by atoms with Gasteiger partial charge in [-0.2, -0.15) is 0 Å². The van der Waals surface area contributed by atoms with E-state index in [2.05, 4.69) is 27.2 Å². The third kappa shape index (κ3) is 6.04. The van der Waals surface area contributed by atoms with Crippen LogP contribution in [0.5, 0.6) is 0 Å². The van der Waals surface area contributed by atoms with E-state index in [-0.39, 0.29) is 18.6 Å². The lowest BCUT2D eigenvalue weighted by molar-refractivity contribution is -0.139. The second-order valence-corrected chi connectivity index (χ2v) is 9.23. The minimum absolute atomic E-state index is 0.189. The van der Waals surface area contributed by atoms with Gasteiger partial charge in [0.05, 0.1) is 18.2 Å². The highest BCUT2D eigenvalue weighted by Crippen LogP contribution is 2.32. The van der Waals surface area contributed by atoms with E-state index in [1.165, 1.54) is 5.56 Å². The number of hydrogen-bond donors (Lipinski definition) is 1. The number of esters is 1. The SMILES string of the molecule is CCOC(=O)C1=C(CN2CCN(Cc3ccc(Cl)cc3)CC2)N(CC)C(=O)N[C@@H]1c1ccccc1. The second kappa shape index (κ2) is 11.7. The van der Waals surface area contributed by atoms with E-state index < -0.39 is 6.04 Å². The van der Waals surface area contributed by atoms with Crippen molar-refractivity contribution in [2.24, 2.45) is 0 Å². The number of carbonyl (C=O) groups is 2. The molecule has 2 aliphatic rings. The van der Waals surface area contributed by atoms with Crippen molar-refractivity contribution in [3.63, 3.8) is 0 Å². The minimum Gasteiger partial charge on any atom is -0.463 e.